The highest BCUT2D eigenvalue weighted by molar-refractivity contribution is 5.43. The lowest BCUT2D eigenvalue weighted by atomic mass is 10.1. The van der Waals surface area contributed by atoms with E-state index < -0.39 is 0 Å². The van der Waals surface area contributed by atoms with Crippen molar-refractivity contribution in [2.45, 2.75) is 32.2 Å². The summed E-state index contributed by atoms with van der Waals surface area (Å²) in [6.45, 7) is 3.97. The van der Waals surface area contributed by atoms with Crippen LogP contribution in [-0.4, -0.2) is 35.8 Å². The fraction of sp³-hybridized carbons (Fsp3) is 0.692. The molecule has 0 aromatic carbocycles. The largest absolute Gasteiger partial charge is 0.377 e. The van der Waals surface area contributed by atoms with Crippen molar-refractivity contribution in [3.8, 4) is 0 Å². The number of halogens is 1. The summed E-state index contributed by atoms with van der Waals surface area (Å²) in [5, 5.41) is 0. The molecule has 1 atom stereocenters. The van der Waals surface area contributed by atoms with E-state index in [2.05, 4.69) is 14.9 Å². The van der Waals surface area contributed by atoms with Crippen LogP contribution < -0.4 is 4.90 Å². The van der Waals surface area contributed by atoms with Crippen molar-refractivity contribution in [3.63, 3.8) is 0 Å². The zero-order valence-corrected chi connectivity index (χ0v) is 10.6. The van der Waals surface area contributed by atoms with E-state index in [1.165, 1.54) is 19.2 Å². The molecule has 1 aliphatic carbocycles. The van der Waals surface area contributed by atoms with E-state index in [1.807, 2.05) is 6.92 Å². The van der Waals surface area contributed by atoms with Crippen LogP contribution in [0.1, 0.15) is 25.5 Å². The minimum Gasteiger partial charge on any atom is -0.377 e. The van der Waals surface area contributed by atoms with Crippen molar-refractivity contribution < 1.29 is 9.13 Å². The topological polar surface area (TPSA) is 38.2 Å². The Morgan fingerprint density at radius 2 is 2.28 bits per heavy atom. The Labute approximate surface area is 106 Å². The number of hydrogen-bond acceptors (Lipinski definition) is 4. The van der Waals surface area contributed by atoms with Crippen molar-refractivity contribution in [2.75, 3.05) is 24.7 Å². The summed E-state index contributed by atoms with van der Waals surface area (Å²) in [5.74, 6) is 0.847. The molecule has 1 aromatic rings. The maximum atomic E-state index is 14.3. The molecule has 0 amide bonds. The zero-order chi connectivity index (χ0) is 12.5. The highest BCUT2D eigenvalue weighted by atomic mass is 19.1. The van der Waals surface area contributed by atoms with Crippen LogP contribution >= 0.6 is 0 Å². The first-order valence-corrected chi connectivity index (χ1v) is 6.65. The molecule has 1 unspecified atom stereocenters. The van der Waals surface area contributed by atoms with Crippen LogP contribution in [0.2, 0.25) is 0 Å². The number of morpholine rings is 1. The molecule has 1 saturated heterocycles. The SMILES string of the molecule is CCc1ncnc(N2CCOCC2C2CC2)c1F. The van der Waals surface area contributed by atoms with Gasteiger partial charge in [-0.05, 0) is 25.2 Å². The van der Waals surface area contributed by atoms with E-state index in [0.29, 0.717) is 37.1 Å². The molecular weight excluding hydrogens is 233 g/mol. The van der Waals surface area contributed by atoms with Gasteiger partial charge in [-0.2, -0.15) is 0 Å². The second-order valence-corrected chi connectivity index (χ2v) is 4.98. The third-order valence-electron chi connectivity index (χ3n) is 3.78. The summed E-state index contributed by atoms with van der Waals surface area (Å²) in [4.78, 5) is 10.2. The number of aryl methyl sites for hydroxylation is 1. The molecule has 3 rings (SSSR count). The average molecular weight is 251 g/mol. The standard InChI is InChI=1S/C13H18FN3O/c1-2-10-12(14)13(16-8-15-10)17-5-6-18-7-11(17)9-3-4-9/h8-9,11H,2-7H2,1H3. The molecule has 0 spiro atoms. The van der Waals surface area contributed by atoms with Gasteiger partial charge in [-0.25, -0.2) is 14.4 Å². The smallest absolute Gasteiger partial charge is 0.187 e. The first-order chi connectivity index (χ1) is 8.81. The summed E-state index contributed by atoms with van der Waals surface area (Å²) in [5.41, 5.74) is 0.501. The number of anilines is 1. The van der Waals surface area contributed by atoms with Gasteiger partial charge in [-0.3, -0.25) is 0 Å². The van der Waals surface area contributed by atoms with Crippen LogP contribution in [0.5, 0.6) is 0 Å². The van der Waals surface area contributed by atoms with E-state index in [1.54, 1.807) is 0 Å². The van der Waals surface area contributed by atoms with Gasteiger partial charge in [0, 0.05) is 6.54 Å². The van der Waals surface area contributed by atoms with Gasteiger partial charge >= 0.3 is 0 Å². The van der Waals surface area contributed by atoms with E-state index in [4.69, 9.17) is 4.74 Å². The van der Waals surface area contributed by atoms with E-state index in [-0.39, 0.29) is 11.9 Å². The normalized spacial score (nSPS) is 24.3. The fourth-order valence-electron chi connectivity index (χ4n) is 2.60. The van der Waals surface area contributed by atoms with Crippen molar-refractivity contribution in [1.29, 1.82) is 0 Å². The molecule has 4 nitrogen and oxygen atoms in total. The van der Waals surface area contributed by atoms with Gasteiger partial charge < -0.3 is 9.64 Å². The number of hydrogen-bond donors (Lipinski definition) is 0. The summed E-state index contributed by atoms with van der Waals surface area (Å²) in [6, 6.07) is 0.285. The Bertz CT molecular complexity index is 436. The molecular formula is C13H18FN3O. The molecule has 0 bridgehead atoms. The van der Waals surface area contributed by atoms with E-state index >= 15 is 0 Å². The second-order valence-electron chi connectivity index (χ2n) is 4.98. The lowest BCUT2D eigenvalue weighted by molar-refractivity contribution is 0.0870. The maximum Gasteiger partial charge on any atom is 0.187 e. The molecule has 1 aliphatic heterocycles. The van der Waals surface area contributed by atoms with Gasteiger partial charge in [0.15, 0.2) is 11.6 Å². The molecule has 98 valence electrons. The van der Waals surface area contributed by atoms with Gasteiger partial charge in [0.2, 0.25) is 0 Å². The van der Waals surface area contributed by atoms with Crippen LogP contribution in [0.3, 0.4) is 0 Å². The first kappa shape index (κ1) is 11.8. The number of ether oxygens (including phenoxy) is 1. The summed E-state index contributed by atoms with van der Waals surface area (Å²) >= 11 is 0. The van der Waals surface area contributed by atoms with Gasteiger partial charge in [-0.1, -0.05) is 6.92 Å². The minimum atomic E-state index is -0.257. The number of aromatic nitrogens is 2. The van der Waals surface area contributed by atoms with Crippen LogP contribution in [0.25, 0.3) is 0 Å². The Morgan fingerprint density at radius 3 is 3.00 bits per heavy atom. The number of nitrogens with zero attached hydrogens (tertiary/aromatic N) is 3. The van der Waals surface area contributed by atoms with Gasteiger partial charge in [0.25, 0.3) is 0 Å². The lowest BCUT2D eigenvalue weighted by Gasteiger charge is -2.36. The quantitative estimate of drug-likeness (QED) is 0.821. The summed E-state index contributed by atoms with van der Waals surface area (Å²) in [6.07, 6.45) is 4.51. The second kappa shape index (κ2) is 4.80. The highest BCUT2D eigenvalue weighted by Gasteiger charge is 2.38. The molecule has 0 N–H and O–H groups in total. The minimum absolute atomic E-state index is 0.257. The van der Waals surface area contributed by atoms with E-state index in [0.717, 1.165) is 6.54 Å². The van der Waals surface area contributed by atoms with Gasteiger partial charge in [-0.15, -0.1) is 0 Å². The molecule has 2 aliphatic rings. The van der Waals surface area contributed by atoms with Crippen molar-refractivity contribution in [3.05, 3.63) is 17.8 Å². The van der Waals surface area contributed by atoms with Gasteiger partial charge in [0.1, 0.15) is 6.33 Å². The number of rotatable bonds is 3. The van der Waals surface area contributed by atoms with Crippen molar-refractivity contribution in [2.24, 2.45) is 5.92 Å². The molecule has 0 radical (unpaired) electrons. The third-order valence-corrected chi connectivity index (χ3v) is 3.78. The Morgan fingerprint density at radius 1 is 1.44 bits per heavy atom. The highest BCUT2D eigenvalue weighted by Crippen LogP contribution is 2.38. The first-order valence-electron chi connectivity index (χ1n) is 6.65. The maximum absolute atomic E-state index is 14.3. The van der Waals surface area contributed by atoms with Crippen LogP contribution in [0.4, 0.5) is 10.2 Å². The van der Waals surface area contributed by atoms with Gasteiger partial charge in [0.05, 0.1) is 24.9 Å². The predicted molar refractivity (Wildman–Crippen MR) is 66.0 cm³/mol. The van der Waals surface area contributed by atoms with Crippen LogP contribution in [0, 0.1) is 11.7 Å². The molecule has 1 saturated carbocycles. The average Bonchev–Trinajstić information content (AvgIpc) is 3.23. The van der Waals surface area contributed by atoms with Crippen LogP contribution in [0.15, 0.2) is 6.33 Å². The van der Waals surface area contributed by atoms with Crippen molar-refractivity contribution in [1.82, 2.24) is 9.97 Å². The molecule has 1 aromatic heterocycles. The zero-order valence-electron chi connectivity index (χ0n) is 10.6. The monoisotopic (exact) mass is 251 g/mol. The third kappa shape index (κ3) is 2.07. The fourth-order valence-corrected chi connectivity index (χ4v) is 2.60. The molecule has 2 fully saturated rings. The van der Waals surface area contributed by atoms with Crippen LogP contribution in [-0.2, 0) is 11.2 Å². The Kier molecular flexibility index (Phi) is 3.16. The summed E-state index contributed by atoms with van der Waals surface area (Å²) < 4.78 is 19.8. The molecule has 18 heavy (non-hydrogen) atoms. The van der Waals surface area contributed by atoms with Crippen molar-refractivity contribution >= 4 is 5.82 Å². The molecule has 5 heteroatoms. The predicted octanol–water partition coefficient (Wildman–Crippen LogP) is 1.79. The Balaban J connectivity index is 1.91. The Hall–Kier alpha value is -1.23. The molecule has 2 heterocycles. The summed E-state index contributed by atoms with van der Waals surface area (Å²) in [7, 11) is 0. The lowest BCUT2D eigenvalue weighted by Crippen LogP contribution is -2.47. The van der Waals surface area contributed by atoms with E-state index in [9.17, 15) is 4.39 Å².